The minimum atomic E-state index is -0.239. The number of rotatable bonds is 3. The number of aliphatic imine (C=N–C) groups is 1. The van der Waals surface area contributed by atoms with Crippen molar-refractivity contribution in [2.24, 2.45) is 4.99 Å². The molecule has 11 heavy (non-hydrogen) atoms. The molecule has 0 saturated carbocycles. The monoisotopic (exact) mass is 220 g/mol. The molecule has 0 aliphatic carbocycles. The van der Waals surface area contributed by atoms with Crippen LogP contribution in [0.3, 0.4) is 0 Å². The molecule has 0 aliphatic rings. The summed E-state index contributed by atoms with van der Waals surface area (Å²) in [6.45, 7) is 3.16. The molecule has 0 aliphatic heterocycles. The normalized spacial score (nSPS) is 11.3. The summed E-state index contributed by atoms with van der Waals surface area (Å²) in [4.78, 5) is 24.8. The molecule has 0 aromatic carbocycles. The summed E-state index contributed by atoms with van der Waals surface area (Å²) in [6.07, 6.45) is 0.504. The van der Waals surface area contributed by atoms with E-state index in [4.69, 9.17) is 0 Å². The van der Waals surface area contributed by atoms with E-state index < -0.39 is 0 Å². The van der Waals surface area contributed by atoms with Crippen molar-refractivity contribution >= 4 is 32.3 Å². The first kappa shape index (κ1) is 10.5. The van der Waals surface area contributed by atoms with Gasteiger partial charge < -0.3 is 0 Å². The zero-order valence-corrected chi connectivity index (χ0v) is 8.30. The van der Waals surface area contributed by atoms with E-state index >= 15 is 0 Å². The van der Waals surface area contributed by atoms with Gasteiger partial charge in [0.25, 0.3) is 0 Å². The van der Waals surface area contributed by atoms with Gasteiger partial charge in [0, 0.05) is 0 Å². The SMILES string of the molecule is CC(=O)CCC(=O)N=C(C)[Se]. The zero-order valence-electron chi connectivity index (χ0n) is 6.59. The van der Waals surface area contributed by atoms with Crippen LogP contribution < -0.4 is 0 Å². The van der Waals surface area contributed by atoms with Crippen LogP contribution in [-0.4, -0.2) is 32.3 Å². The third-order valence-corrected chi connectivity index (χ3v) is 1.16. The Morgan fingerprint density at radius 3 is 2.18 bits per heavy atom. The van der Waals surface area contributed by atoms with Crippen molar-refractivity contribution in [3.8, 4) is 0 Å². The molecule has 0 N–H and O–H groups in total. The van der Waals surface area contributed by atoms with E-state index in [0.29, 0.717) is 4.61 Å². The summed E-state index contributed by atoms with van der Waals surface area (Å²) in [5.74, 6) is -0.220. The molecule has 4 heteroatoms. The maximum atomic E-state index is 10.8. The minimum absolute atomic E-state index is 0.0197. The third kappa shape index (κ3) is 7.43. The first-order valence-electron chi connectivity index (χ1n) is 3.27. The van der Waals surface area contributed by atoms with Crippen molar-refractivity contribution < 1.29 is 9.59 Å². The quantitative estimate of drug-likeness (QED) is 0.511. The van der Waals surface area contributed by atoms with Gasteiger partial charge in [-0.05, 0) is 0 Å². The van der Waals surface area contributed by atoms with Gasteiger partial charge in [0.15, 0.2) is 0 Å². The summed E-state index contributed by atoms with van der Waals surface area (Å²) in [5.41, 5.74) is 0. The van der Waals surface area contributed by atoms with Gasteiger partial charge in [-0.3, -0.25) is 0 Å². The van der Waals surface area contributed by atoms with Crippen LogP contribution in [0.5, 0.6) is 0 Å². The number of ketones is 1. The van der Waals surface area contributed by atoms with Crippen molar-refractivity contribution in [1.82, 2.24) is 0 Å². The van der Waals surface area contributed by atoms with Crippen LogP contribution in [0.25, 0.3) is 0 Å². The van der Waals surface area contributed by atoms with Crippen LogP contribution in [0, 0.1) is 0 Å². The van der Waals surface area contributed by atoms with Crippen LogP contribution in [0.15, 0.2) is 4.99 Å². The maximum absolute atomic E-state index is 10.8. The van der Waals surface area contributed by atoms with E-state index in [0.717, 1.165) is 0 Å². The molecule has 0 unspecified atom stereocenters. The molecule has 0 fully saturated rings. The van der Waals surface area contributed by atoms with Gasteiger partial charge in [-0.1, -0.05) is 0 Å². The average Bonchev–Trinajstić information content (AvgIpc) is 1.82. The molecule has 61 valence electrons. The first-order chi connectivity index (χ1) is 5.02. The van der Waals surface area contributed by atoms with Crippen LogP contribution in [0.2, 0.25) is 0 Å². The molecule has 0 saturated heterocycles. The number of nitrogens with zero attached hydrogens (tertiary/aromatic N) is 1. The Kier molecular flexibility index (Phi) is 4.99. The summed E-state index contributed by atoms with van der Waals surface area (Å²) in [7, 11) is 0. The van der Waals surface area contributed by atoms with E-state index in [1.54, 1.807) is 6.92 Å². The fourth-order valence-corrected chi connectivity index (χ4v) is 0.728. The molecule has 0 spiro atoms. The van der Waals surface area contributed by atoms with E-state index in [1.165, 1.54) is 6.92 Å². The fraction of sp³-hybridized carbons (Fsp3) is 0.571. The number of hydrogen-bond donors (Lipinski definition) is 0. The molecular formula is C7H10NO2Se. The van der Waals surface area contributed by atoms with Crippen LogP contribution >= 0.6 is 0 Å². The Morgan fingerprint density at radius 1 is 1.27 bits per heavy atom. The first-order valence-corrected chi connectivity index (χ1v) is 4.12. The van der Waals surface area contributed by atoms with Crippen molar-refractivity contribution in [2.75, 3.05) is 0 Å². The van der Waals surface area contributed by atoms with Crippen molar-refractivity contribution in [3.63, 3.8) is 0 Å². The van der Waals surface area contributed by atoms with Crippen LogP contribution in [0.1, 0.15) is 26.7 Å². The second-order valence-electron chi connectivity index (χ2n) is 2.23. The van der Waals surface area contributed by atoms with E-state index in [-0.39, 0.29) is 24.5 Å². The van der Waals surface area contributed by atoms with Gasteiger partial charge in [-0.15, -0.1) is 0 Å². The van der Waals surface area contributed by atoms with Crippen molar-refractivity contribution in [1.29, 1.82) is 0 Å². The second-order valence-corrected chi connectivity index (χ2v) is 3.47. The molecule has 0 atom stereocenters. The Labute approximate surface area is 74.1 Å². The Morgan fingerprint density at radius 2 is 1.82 bits per heavy atom. The molecular weight excluding hydrogens is 209 g/mol. The fourth-order valence-electron chi connectivity index (χ4n) is 0.514. The average molecular weight is 219 g/mol. The van der Waals surface area contributed by atoms with Gasteiger partial charge in [0.05, 0.1) is 0 Å². The third-order valence-electron chi connectivity index (χ3n) is 0.973. The molecule has 0 aromatic heterocycles. The molecule has 1 amide bonds. The number of hydrogen-bond acceptors (Lipinski definition) is 2. The van der Waals surface area contributed by atoms with Crippen LogP contribution in [0.4, 0.5) is 0 Å². The molecule has 0 bridgehead atoms. The summed E-state index contributed by atoms with van der Waals surface area (Å²) < 4.78 is 0.610. The Bertz CT molecular complexity index is 195. The number of carbonyl (C=O) groups is 2. The standard InChI is InChI=1S/C7H10NO2Se/c1-5(9)3-4-7(10)8-6(2)11/h3-4H2,1-2H3. The van der Waals surface area contributed by atoms with E-state index in [1.807, 2.05) is 0 Å². The van der Waals surface area contributed by atoms with Crippen LogP contribution in [-0.2, 0) is 9.59 Å². The van der Waals surface area contributed by atoms with Crippen molar-refractivity contribution in [2.45, 2.75) is 26.7 Å². The van der Waals surface area contributed by atoms with E-state index in [2.05, 4.69) is 21.0 Å². The number of Topliss-reactive ketones (excluding diaryl/α,β-unsaturated/α-hetero) is 1. The van der Waals surface area contributed by atoms with E-state index in [9.17, 15) is 9.59 Å². The predicted molar refractivity (Wildman–Crippen MR) is 43.8 cm³/mol. The Hall–Kier alpha value is -0.471. The summed E-state index contributed by atoms with van der Waals surface area (Å²) in [5, 5.41) is 0. The van der Waals surface area contributed by atoms with Gasteiger partial charge in [0.2, 0.25) is 0 Å². The van der Waals surface area contributed by atoms with Gasteiger partial charge in [-0.2, -0.15) is 0 Å². The Balaban J connectivity index is 3.71. The van der Waals surface area contributed by atoms with Gasteiger partial charge in [-0.25, -0.2) is 0 Å². The molecule has 3 nitrogen and oxygen atoms in total. The predicted octanol–water partition coefficient (Wildman–Crippen LogP) is 0.469. The summed E-state index contributed by atoms with van der Waals surface area (Å²) in [6, 6.07) is 0. The molecule has 0 aromatic rings. The summed E-state index contributed by atoms with van der Waals surface area (Å²) >= 11 is 2.60. The van der Waals surface area contributed by atoms with Gasteiger partial charge in [0.1, 0.15) is 0 Å². The second kappa shape index (κ2) is 5.22. The number of carbonyl (C=O) groups excluding carboxylic acids is 2. The zero-order chi connectivity index (χ0) is 8.85. The van der Waals surface area contributed by atoms with Crippen molar-refractivity contribution in [3.05, 3.63) is 0 Å². The van der Waals surface area contributed by atoms with Gasteiger partial charge >= 0.3 is 73.6 Å². The molecule has 0 rings (SSSR count). The topological polar surface area (TPSA) is 46.5 Å². The molecule has 0 heterocycles. The number of amides is 1. The molecule has 1 radical (unpaired) electrons.